The molecular weight excluding hydrogens is 415 g/mol. The lowest BCUT2D eigenvalue weighted by Gasteiger charge is -2.26. The number of nitrogens with one attached hydrogen (secondary N) is 1. The lowest BCUT2D eigenvalue weighted by atomic mass is 10.1. The van der Waals surface area contributed by atoms with Crippen LogP contribution in [0.2, 0.25) is 0 Å². The van der Waals surface area contributed by atoms with Crippen LogP contribution in [-0.4, -0.2) is 46.2 Å². The Morgan fingerprint density at radius 1 is 1.03 bits per heavy atom. The van der Waals surface area contributed by atoms with E-state index < -0.39 is 11.7 Å². The highest BCUT2D eigenvalue weighted by Crippen LogP contribution is 2.33. The van der Waals surface area contributed by atoms with Crippen LogP contribution in [-0.2, 0) is 10.9 Å². The van der Waals surface area contributed by atoms with Gasteiger partial charge >= 0.3 is 6.18 Å². The molecule has 1 aliphatic rings. The number of anilines is 1. The molecule has 1 aromatic carbocycles. The Morgan fingerprint density at radius 3 is 2.53 bits per heavy atom. The van der Waals surface area contributed by atoms with E-state index in [1.54, 1.807) is 17.5 Å². The van der Waals surface area contributed by atoms with Crippen LogP contribution in [0.25, 0.3) is 33.8 Å². The fraction of sp³-hybridized carbons (Fsp3) is 0.250. The van der Waals surface area contributed by atoms with Gasteiger partial charge < -0.3 is 14.6 Å². The largest absolute Gasteiger partial charge is 0.416 e. The minimum Gasteiger partial charge on any atom is -0.378 e. The van der Waals surface area contributed by atoms with Gasteiger partial charge in [-0.25, -0.2) is 15.0 Å². The number of aromatic amines is 1. The number of hydrogen-bond donors (Lipinski definition) is 1. The molecule has 0 aliphatic carbocycles. The molecule has 30 heavy (non-hydrogen) atoms. The first-order valence-electron chi connectivity index (χ1n) is 9.30. The summed E-state index contributed by atoms with van der Waals surface area (Å²) in [5.41, 5.74) is 2.70. The second-order valence-electron chi connectivity index (χ2n) is 6.83. The molecule has 4 aromatic rings. The SMILES string of the molecule is FC(F)(F)c1ccc(-c2nc3nccc(-c4csc(N5CCOCC5)n4)c3[nH]2)cc1. The van der Waals surface area contributed by atoms with Crippen molar-refractivity contribution >= 4 is 27.6 Å². The molecule has 0 bridgehead atoms. The van der Waals surface area contributed by atoms with Crippen LogP contribution in [0.3, 0.4) is 0 Å². The van der Waals surface area contributed by atoms with Crippen molar-refractivity contribution in [2.75, 3.05) is 31.2 Å². The van der Waals surface area contributed by atoms with Crippen molar-refractivity contribution < 1.29 is 17.9 Å². The molecule has 10 heteroatoms. The molecule has 0 spiro atoms. The number of imidazole rings is 1. The van der Waals surface area contributed by atoms with Gasteiger partial charge in [0.05, 0.1) is 30.0 Å². The quantitative estimate of drug-likeness (QED) is 0.513. The number of H-pyrrole nitrogens is 1. The van der Waals surface area contributed by atoms with Gasteiger partial charge in [0.2, 0.25) is 0 Å². The van der Waals surface area contributed by atoms with Crippen LogP contribution in [0.1, 0.15) is 5.56 Å². The fourth-order valence-electron chi connectivity index (χ4n) is 3.37. The Hall–Kier alpha value is -2.98. The first-order chi connectivity index (χ1) is 14.5. The van der Waals surface area contributed by atoms with Gasteiger partial charge in [-0.15, -0.1) is 11.3 Å². The van der Waals surface area contributed by atoms with Gasteiger partial charge in [0.1, 0.15) is 5.82 Å². The predicted molar refractivity (Wildman–Crippen MR) is 108 cm³/mol. The van der Waals surface area contributed by atoms with E-state index in [1.165, 1.54) is 12.1 Å². The zero-order valence-corrected chi connectivity index (χ0v) is 16.4. The number of thiazole rings is 1. The molecule has 0 unspecified atom stereocenters. The van der Waals surface area contributed by atoms with E-state index in [1.807, 2.05) is 11.4 Å². The van der Waals surface area contributed by atoms with Gasteiger partial charge in [0, 0.05) is 35.8 Å². The average Bonchev–Trinajstić information content (AvgIpc) is 3.41. The van der Waals surface area contributed by atoms with Crippen LogP contribution in [0, 0.1) is 0 Å². The van der Waals surface area contributed by atoms with Crippen molar-refractivity contribution in [2.24, 2.45) is 0 Å². The van der Waals surface area contributed by atoms with Crippen LogP contribution in [0.15, 0.2) is 41.9 Å². The van der Waals surface area contributed by atoms with Gasteiger partial charge in [-0.2, -0.15) is 13.2 Å². The Bertz CT molecular complexity index is 1180. The smallest absolute Gasteiger partial charge is 0.378 e. The third kappa shape index (κ3) is 3.52. The van der Waals surface area contributed by atoms with E-state index in [-0.39, 0.29) is 0 Å². The summed E-state index contributed by atoms with van der Waals surface area (Å²) in [6.07, 6.45) is -2.72. The zero-order chi connectivity index (χ0) is 20.7. The monoisotopic (exact) mass is 431 g/mol. The summed E-state index contributed by atoms with van der Waals surface area (Å²) in [6, 6.07) is 6.76. The first kappa shape index (κ1) is 19.0. The van der Waals surface area contributed by atoms with Crippen molar-refractivity contribution in [3.63, 3.8) is 0 Å². The molecule has 0 saturated carbocycles. The van der Waals surface area contributed by atoms with Crippen molar-refractivity contribution in [2.45, 2.75) is 6.18 Å². The lowest BCUT2D eigenvalue weighted by molar-refractivity contribution is -0.137. The number of hydrogen-bond acceptors (Lipinski definition) is 6. The molecule has 3 aromatic heterocycles. The summed E-state index contributed by atoms with van der Waals surface area (Å²) >= 11 is 1.56. The summed E-state index contributed by atoms with van der Waals surface area (Å²) in [7, 11) is 0. The van der Waals surface area contributed by atoms with Crippen LogP contribution >= 0.6 is 11.3 Å². The van der Waals surface area contributed by atoms with Crippen LogP contribution < -0.4 is 4.90 Å². The molecule has 1 aliphatic heterocycles. The third-order valence-electron chi connectivity index (χ3n) is 4.93. The summed E-state index contributed by atoms with van der Waals surface area (Å²) < 4.78 is 43.8. The van der Waals surface area contributed by atoms with Gasteiger partial charge in [0.15, 0.2) is 10.8 Å². The highest BCUT2D eigenvalue weighted by atomic mass is 32.1. The number of aromatic nitrogens is 4. The van der Waals surface area contributed by atoms with Gasteiger partial charge in [-0.1, -0.05) is 12.1 Å². The number of alkyl halides is 3. The van der Waals surface area contributed by atoms with Crippen molar-refractivity contribution in [1.82, 2.24) is 19.9 Å². The van der Waals surface area contributed by atoms with Crippen molar-refractivity contribution in [1.29, 1.82) is 0 Å². The number of fused-ring (bicyclic) bond motifs is 1. The van der Waals surface area contributed by atoms with Crippen molar-refractivity contribution in [3.05, 3.63) is 47.5 Å². The van der Waals surface area contributed by atoms with E-state index in [4.69, 9.17) is 9.72 Å². The summed E-state index contributed by atoms with van der Waals surface area (Å²) in [5, 5.41) is 2.92. The Morgan fingerprint density at radius 2 is 1.80 bits per heavy atom. The van der Waals surface area contributed by atoms with E-state index in [0.29, 0.717) is 35.8 Å². The van der Waals surface area contributed by atoms with Gasteiger partial charge in [-0.3, -0.25) is 0 Å². The maximum atomic E-state index is 12.8. The summed E-state index contributed by atoms with van der Waals surface area (Å²) in [5.74, 6) is 0.460. The molecule has 5 rings (SSSR count). The molecule has 0 radical (unpaired) electrons. The van der Waals surface area contributed by atoms with E-state index in [9.17, 15) is 13.2 Å². The normalized spacial score (nSPS) is 15.1. The topological polar surface area (TPSA) is 66.9 Å². The second kappa shape index (κ2) is 7.37. The minimum atomic E-state index is -4.37. The molecule has 0 amide bonds. The molecule has 1 fully saturated rings. The zero-order valence-electron chi connectivity index (χ0n) is 15.6. The number of benzene rings is 1. The number of rotatable bonds is 3. The number of ether oxygens (including phenoxy) is 1. The maximum Gasteiger partial charge on any atom is 0.416 e. The molecule has 1 saturated heterocycles. The highest BCUT2D eigenvalue weighted by molar-refractivity contribution is 7.14. The van der Waals surface area contributed by atoms with Gasteiger partial charge in [-0.05, 0) is 18.2 Å². The highest BCUT2D eigenvalue weighted by Gasteiger charge is 2.30. The molecular formula is C20H16F3N5OS. The second-order valence-corrected chi connectivity index (χ2v) is 7.67. The third-order valence-corrected chi connectivity index (χ3v) is 5.83. The Balaban J connectivity index is 1.49. The number of pyridine rings is 1. The van der Waals surface area contributed by atoms with E-state index in [0.717, 1.165) is 41.6 Å². The molecule has 6 nitrogen and oxygen atoms in total. The fourth-order valence-corrected chi connectivity index (χ4v) is 4.25. The number of nitrogens with zero attached hydrogens (tertiary/aromatic N) is 4. The van der Waals surface area contributed by atoms with Crippen LogP contribution in [0.5, 0.6) is 0 Å². The standard InChI is InChI=1S/C20H16F3N5OS/c21-20(22,23)13-3-1-12(2-4-13)17-26-16-14(5-6-24-18(16)27-17)15-11-30-19(25-15)28-7-9-29-10-8-28/h1-6,11H,7-10H2,(H,24,26,27). The molecule has 0 atom stereocenters. The van der Waals surface area contributed by atoms with Crippen molar-refractivity contribution in [3.8, 4) is 22.6 Å². The molecule has 1 N–H and O–H groups in total. The minimum absolute atomic E-state index is 0.460. The molecule has 154 valence electrons. The van der Waals surface area contributed by atoms with E-state index in [2.05, 4.69) is 19.9 Å². The number of morpholine rings is 1. The molecule has 4 heterocycles. The lowest BCUT2D eigenvalue weighted by Crippen LogP contribution is -2.36. The first-order valence-corrected chi connectivity index (χ1v) is 10.2. The summed E-state index contributed by atoms with van der Waals surface area (Å²) in [4.78, 5) is 18.9. The summed E-state index contributed by atoms with van der Waals surface area (Å²) in [6.45, 7) is 2.98. The van der Waals surface area contributed by atoms with E-state index >= 15 is 0 Å². The Labute approximate surface area is 173 Å². The van der Waals surface area contributed by atoms with Gasteiger partial charge in [0.25, 0.3) is 0 Å². The maximum absolute atomic E-state index is 12.8. The predicted octanol–water partition coefficient (Wildman–Crippen LogP) is 4.60. The number of halogens is 3. The average molecular weight is 431 g/mol. The van der Waals surface area contributed by atoms with Crippen LogP contribution in [0.4, 0.5) is 18.3 Å². The Kier molecular flexibility index (Phi) is 4.67.